The summed E-state index contributed by atoms with van der Waals surface area (Å²) in [6.45, 7) is 11.5. The van der Waals surface area contributed by atoms with Crippen LogP contribution in [0.5, 0.6) is 0 Å². The maximum atomic E-state index is 8.69. The van der Waals surface area contributed by atoms with Gasteiger partial charge in [-0.3, -0.25) is 10.5 Å². The largest absolute Gasteiger partial charge is 0.383 e. The zero-order valence-corrected chi connectivity index (χ0v) is 21.2. The first-order valence-electron chi connectivity index (χ1n) is 12.2. The minimum Gasteiger partial charge on any atom is -0.383 e. The first-order valence-corrected chi connectivity index (χ1v) is 12.2. The van der Waals surface area contributed by atoms with Crippen LogP contribution in [0.3, 0.4) is 0 Å². The summed E-state index contributed by atoms with van der Waals surface area (Å²) in [6.07, 6.45) is 6.82. The van der Waals surface area contributed by atoms with Crippen molar-refractivity contribution in [1.29, 1.82) is 5.41 Å². The van der Waals surface area contributed by atoms with Gasteiger partial charge in [0, 0.05) is 34.4 Å². The van der Waals surface area contributed by atoms with Crippen LogP contribution in [0.15, 0.2) is 73.5 Å². The molecular weight excluding hydrogens is 460 g/mol. The molecule has 5 N–H and O–H groups in total. The van der Waals surface area contributed by atoms with E-state index < -0.39 is 0 Å². The van der Waals surface area contributed by atoms with Crippen LogP contribution in [0.1, 0.15) is 53.1 Å². The quantitative estimate of drug-likeness (QED) is 0.251. The normalized spacial score (nSPS) is 12.9. The maximum Gasteiger partial charge on any atom is 0.141 e. The second-order valence-corrected chi connectivity index (χ2v) is 9.37. The Balaban J connectivity index is 1.57. The molecule has 2 aromatic carbocycles. The molecule has 0 bridgehead atoms. The van der Waals surface area contributed by atoms with Gasteiger partial charge in [0.1, 0.15) is 18.0 Å². The number of benzene rings is 2. The molecule has 0 saturated heterocycles. The van der Waals surface area contributed by atoms with Crippen LogP contribution in [0.4, 0.5) is 17.3 Å². The molecule has 8 heteroatoms. The molecule has 0 unspecified atom stereocenters. The Morgan fingerprint density at radius 3 is 2.73 bits per heavy atom. The van der Waals surface area contributed by atoms with Crippen LogP contribution >= 0.6 is 0 Å². The summed E-state index contributed by atoms with van der Waals surface area (Å²) in [5.74, 6) is 1.05. The highest BCUT2D eigenvalue weighted by atomic mass is 15.2. The number of H-pyrrole nitrogens is 1. The number of fused-ring (bicyclic) bond motifs is 1. The number of hydrogen-bond donors (Lipinski definition) is 4. The maximum absolute atomic E-state index is 8.69. The second kappa shape index (κ2) is 9.73. The lowest BCUT2D eigenvalue weighted by Crippen LogP contribution is -2.30. The number of rotatable bonds is 7. The number of aromatic nitrogens is 4. The number of nitrogens with two attached hydrogens (primary N) is 1. The lowest BCUT2D eigenvalue weighted by molar-refractivity contribution is 0.861. The molecule has 0 saturated carbocycles. The number of para-hydroxylation sites is 1. The van der Waals surface area contributed by atoms with Crippen molar-refractivity contribution in [1.82, 2.24) is 20.2 Å². The number of anilines is 3. The van der Waals surface area contributed by atoms with E-state index in [1.165, 1.54) is 17.5 Å². The van der Waals surface area contributed by atoms with Crippen molar-refractivity contribution in [3.05, 3.63) is 107 Å². The van der Waals surface area contributed by atoms with E-state index in [9.17, 15) is 0 Å². The number of nitrogen functional groups attached to an aromatic ring is 1. The van der Waals surface area contributed by atoms with Gasteiger partial charge in [-0.15, -0.1) is 0 Å². The number of nitrogens with zero attached hydrogens (tertiary/aromatic N) is 4. The van der Waals surface area contributed by atoms with Gasteiger partial charge in [-0.25, -0.2) is 9.97 Å². The molecule has 37 heavy (non-hydrogen) atoms. The molecule has 0 radical (unpaired) electrons. The average molecular weight is 491 g/mol. The molecule has 5 rings (SSSR count). The Kier molecular flexibility index (Phi) is 6.31. The number of nitrogens with one attached hydrogen (secondary N) is 3. The van der Waals surface area contributed by atoms with Crippen molar-refractivity contribution in [2.24, 2.45) is 0 Å². The van der Waals surface area contributed by atoms with E-state index in [0.29, 0.717) is 29.4 Å². The molecule has 186 valence electrons. The minimum atomic E-state index is 0.194. The zero-order valence-electron chi connectivity index (χ0n) is 21.2. The highest BCUT2D eigenvalue weighted by molar-refractivity contribution is 6.16. The van der Waals surface area contributed by atoms with Gasteiger partial charge in [0.25, 0.3) is 0 Å². The molecule has 2 aromatic heterocycles. The standard InChI is InChI=1S/C29H30N8/c1-17(2)23-10-5-6-11-24(23)37-19(4)25-18(3)8-7-9-20(25)12-22(37)15-32-29-26(28(31)33-16-34-29)27(30)21-13-35-36-14-21/h5-14,16-17,30H,4,15H2,1-3H3,(H,35,36)(H3,31,32,33,34). The summed E-state index contributed by atoms with van der Waals surface area (Å²) in [4.78, 5) is 10.8. The Bertz CT molecular complexity index is 1510. The third kappa shape index (κ3) is 4.38. The van der Waals surface area contributed by atoms with Gasteiger partial charge >= 0.3 is 0 Å². The molecule has 4 aromatic rings. The highest BCUT2D eigenvalue weighted by Crippen LogP contribution is 2.41. The van der Waals surface area contributed by atoms with E-state index in [2.05, 4.69) is 106 Å². The molecule has 1 aliphatic heterocycles. The Hall–Kier alpha value is -4.72. The predicted octanol–water partition coefficient (Wildman–Crippen LogP) is 5.57. The Labute approximate surface area is 216 Å². The van der Waals surface area contributed by atoms with Crippen molar-refractivity contribution in [3.63, 3.8) is 0 Å². The summed E-state index contributed by atoms with van der Waals surface area (Å²) < 4.78 is 0. The third-order valence-electron chi connectivity index (χ3n) is 6.62. The van der Waals surface area contributed by atoms with E-state index in [1.807, 2.05) is 0 Å². The van der Waals surface area contributed by atoms with Gasteiger partial charge < -0.3 is 16.0 Å². The van der Waals surface area contributed by atoms with Gasteiger partial charge in [0.15, 0.2) is 0 Å². The first kappa shape index (κ1) is 24.0. The fourth-order valence-corrected chi connectivity index (χ4v) is 4.83. The van der Waals surface area contributed by atoms with Gasteiger partial charge in [0.2, 0.25) is 0 Å². The molecule has 8 nitrogen and oxygen atoms in total. The van der Waals surface area contributed by atoms with Crippen LogP contribution in [0.25, 0.3) is 11.8 Å². The fraction of sp³-hybridized carbons (Fsp3) is 0.172. The van der Waals surface area contributed by atoms with E-state index >= 15 is 0 Å². The van der Waals surface area contributed by atoms with Crippen molar-refractivity contribution in [2.75, 3.05) is 22.5 Å². The lowest BCUT2D eigenvalue weighted by Gasteiger charge is -2.36. The Morgan fingerprint density at radius 1 is 1.16 bits per heavy atom. The van der Waals surface area contributed by atoms with E-state index in [-0.39, 0.29) is 11.5 Å². The molecule has 0 amide bonds. The molecule has 0 spiro atoms. The summed E-state index contributed by atoms with van der Waals surface area (Å²) in [6, 6.07) is 14.7. The number of hydrogen-bond acceptors (Lipinski definition) is 7. The zero-order chi connectivity index (χ0) is 26.1. The highest BCUT2D eigenvalue weighted by Gasteiger charge is 2.27. The van der Waals surface area contributed by atoms with Gasteiger partial charge in [-0.05, 0) is 41.7 Å². The van der Waals surface area contributed by atoms with E-state index in [0.717, 1.165) is 28.2 Å². The molecule has 0 atom stereocenters. The van der Waals surface area contributed by atoms with Gasteiger partial charge in [-0.2, -0.15) is 5.10 Å². The summed E-state index contributed by atoms with van der Waals surface area (Å²) >= 11 is 0. The van der Waals surface area contributed by atoms with E-state index in [1.54, 1.807) is 12.4 Å². The molecule has 1 aliphatic rings. The SMILES string of the molecule is C=C1c2c(C)cccc2C=C(CNc2ncnc(N)c2C(=N)c2cn[nH]c2)N1c1ccccc1C(C)C. The average Bonchev–Trinajstić information content (AvgIpc) is 3.42. The Morgan fingerprint density at radius 2 is 1.97 bits per heavy atom. The van der Waals surface area contributed by atoms with Crippen molar-refractivity contribution in [2.45, 2.75) is 26.7 Å². The molecule has 0 fully saturated rings. The second-order valence-electron chi connectivity index (χ2n) is 9.37. The minimum absolute atomic E-state index is 0.194. The smallest absolute Gasteiger partial charge is 0.141 e. The number of aryl methyl sites for hydroxylation is 1. The van der Waals surface area contributed by atoms with Gasteiger partial charge in [-0.1, -0.05) is 56.8 Å². The van der Waals surface area contributed by atoms with E-state index in [4.69, 9.17) is 11.1 Å². The van der Waals surface area contributed by atoms with Gasteiger partial charge in [0.05, 0.1) is 24.0 Å². The summed E-state index contributed by atoms with van der Waals surface area (Å²) in [7, 11) is 0. The van der Waals surface area contributed by atoms with Crippen molar-refractivity contribution < 1.29 is 0 Å². The number of aromatic amines is 1. The van der Waals surface area contributed by atoms with Crippen molar-refractivity contribution in [3.8, 4) is 0 Å². The topological polar surface area (TPSA) is 120 Å². The van der Waals surface area contributed by atoms with Crippen LogP contribution in [-0.4, -0.2) is 32.4 Å². The molecule has 3 heterocycles. The van der Waals surface area contributed by atoms with Crippen LogP contribution in [-0.2, 0) is 0 Å². The molecule has 0 aliphatic carbocycles. The van der Waals surface area contributed by atoms with Crippen LogP contribution < -0.4 is 16.0 Å². The monoisotopic (exact) mass is 490 g/mol. The molecular formula is C29H30N8. The summed E-state index contributed by atoms with van der Waals surface area (Å²) in [5, 5.41) is 18.8. The lowest BCUT2D eigenvalue weighted by atomic mass is 9.92. The van der Waals surface area contributed by atoms with Crippen LogP contribution in [0, 0.1) is 12.3 Å². The third-order valence-corrected chi connectivity index (χ3v) is 6.62. The summed E-state index contributed by atoms with van der Waals surface area (Å²) in [5.41, 5.74) is 15.1. The fourth-order valence-electron chi connectivity index (χ4n) is 4.83. The van der Waals surface area contributed by atoms with Crippen LogP contribution in [0.2, 0.25) is 0 Å². The first-order chi connectivity index (χ1) is 17.9. The predicted molar refractivity (Wildman–Crippen MR) is 151 cm³/mol. The van der Waals surface area contributed by atoms with Crippen molar-refractivity contribution >= 4 is 34.8 Å².